The first-order valence-corrected chi connectivity index (χ1v) is 4.53. The lowest BCUT2D eigenvalue weighted by atomic mass is 10.2. The van der Waals surface area contributed by atoms with Crippen LogP contribution in [0.15, 0.2) is 24.3 Å². The first-order chi connectivity index (χ1) is 6.74. The lowest BCUT2D eigenvalue weighted by Crippen LogP contribution is -2.06. The summed E-state index contributed by atoms with van der Waals surface area (Å²) in [4.78, 5) is 0. The molecule has 0 spiro atoms. The molecule has 0 saturated carbocycles. The minimum atomic E-state index is 0.153. The monoisotopic (exact) mass is 190 g/mol. The Hall–Kier alpha value is -1.62. The Labute approximate surface area is 84.8 Å². The second-order valence-electron chi connectivity index (χ2n) is 3.09. The second kappa shape index (κ2) is 5.18. The normalized spacial score (nSPS) is 9.14. The van der Waals surface area contributed by atoms with E-state index in [-0.39, 0.29) is 6.10 Å². The number of hydrogen-bond acceptors (Lipinski definition) is 2. The van der Waals surface area contributed by atoms with Gasteiger partial charge in [0.05, 0.1) is 18.8 Å². The smallest absolute Gasteiger partial charge is 0.135 e. The van der Waals surface area contributed by atoms with Crippen molar-refractivity contribution in [3.63, 3.8) is 0 Å². The van der Waals surface area contributed by atoms with Crippen LogP contribution in [0, 0.1) is 12.0 Å². The zero-order chi connectivity index (χ0) is 10.4. The van der Waals surface area contributed by atoms with Gasteiger partial charge in [0.25, 0.3) is 0 Å². The Morgan fingerprint density at radius 3 is 2.57 bits per heavy atom. The molecule has 0 N–H and O–H groups in total. The molecule has 0 bridgehead atoms. The largest absolute Gasteiger partial charge is 0.490 e. The number of benzene rings is 1. The molecular formula is C12H14O2. The van der Waals surface area contributed by atoms with Gasteiger partial charge in [-0.1, -0.05) is 12.1 Å². The van der Waals surface area contributed by atoms with Crippen molar-refractivity contribution >= 4 is 0 Å². The van der Waals surface area contributed by atoms with Crippen molar-refractivity contribution in [2.45, 2.75) is 20.0 Å². The first-order valence-electron chi connectivity index (χ1n) is 4.53. The van der Waals surface area contributed by atoms with Gasteiger partial charge in [-0.2, -0.15) is 0 Å². The third-order valence-corrected chi connectivity index (χ3v) is 1.54. The predicted molar refractivity (Wildman–Crippen MR) is 56.1 cm³/mol. The molecule has 74 valence electrons. The molecule has 0 saturated heterocycles. The summed E-state index contributed by atoms with van der Waals surface area (Å²) >= 11 is 0. The molecule has 0 heterocycles. The molecule has 2 heteroatoms. The quantitative estimate of drug-likeness (QED) is 0.667. The van der Waals surface area contributed by atoms with Crippen molar-refractivity contribution < 1.29 is 9.47 Å². The molecule has 0 unspecified atom stereocenters. The van der Waals surface area contributed by atoms with Crippen molar-refractivity contribution in [3.05, 3.63) is 29.8 Å². The molecule has 0 fully saturated rings. The number of hydrogen-bond donors (Lipinski definition) is 0. The topological polar surface area (TPSA) is 18.5 Å². The molecule has 0 radical (unpaired) electrons. The Balaban J connectivity index is 2.91. The van der Waals surface area contributed by atoms with E-state index in [1.54, 1.807) is 7.11 Å². The van der Waals surface area contributed by atoms with Crippen molar-refractivity contribution in [2.24, 2.45) is 0 Å². The number of ether oxygens (including phenoxy) is 2. The highest BCUT2D eigenvalue weighted by atomic mass is 16.5. The van der Waals surface area contributed by atoms with E-state index in [4.69, 9.17) is 4.74 Å². The van der Waals surface area contributed by atoms with E-state index in [0.717, 1.165) is 11.3 Å². The first kappa shape index (κ1) is 10.5. The molecule has 0 atom stereocenters. The van der Waals surface area contributed by atoms with Gasteiger partial charge in [-0.25, -0.2) is 0 Å². The van der Waals surface area contributed by atoms with Crippen LogP contribution in [0.4, 0.5) is 0 Å². The van der Waals surface area contributed by atoms with Crippen LogP contribution in [-0.2, 0) is 4.74 Å². The van der Waals surface area contributed by atoms with Gasteiger partial charge in [0, 0.05) is 0 Å². The predicted octanol–water partition coefficient (Wildman–Crippen LogP) is 2.43. The number of para-hydroxylation sites is 1. The molecule has 2 nitrogen and oxygen atoms in total. The average molecular weight is 190 g/mol. The van der Waals surface area contributed by atoms with E-state index in [9.17, 15) is 0 Å². The summed E-state index contributed by atoms with van der Waals surface area (Å²) in [6.07, 6.45) is 2.70. The third kappa shape index (κ3) is 3.02. The zero-order valence-corrected chi connectivity index (χ0v) is 8.70. The summed E-state index contributed by atoms with van der Waals surface area (Å²) in [5, 5.41) is 0. The summed E-state index contributed by atoms with van der Waals surface area (Å²) in [5.74, 6) is 3.67. The second-order valence-corrected chi connectivity index (χ2v) is 3.09. The van der Waals surface area contributed by atoms with E-state index in [1.165, 1.54) is 0 Å². The Morgan fingerprint density at radius 2 is 1.93 bits per heavy atom. The van der Waals surface area contributed by atoms with E-state index < -0.39 is 0 Å². The van der Waals surface area contributed by atoms with Gasteiger partial charge >= 0.3 is 0 Å². The highest BCUT2D eigenvalue weighted by Crippen LogP contribution is 2.17. The molecule has 1 rings (SSSR count). The van der Waals surface area contributed by atoms with Gasteiger partial charge < -0.3 is 9.47 Å². The number of rotatable bonds is 2. The Kier molecular flexibility index (Phi) is 3.87. The maximum atomic E-state index is 5.58. The molecule has 0 aliphatic rings. The van der Waals surface area contributed by atoms with Gasteiger partial charge in [0.1, 0.15) is 11.9 Å². The molecule has 14 heavy (non-hydrogen) atoms. The lowest BCUT2D eigenvalue weighted by molar-refractivity contribution is 0.241. The summed E-state index contributed by atoms with van der Waals surface area (Å²) in [5.41, 5.74) is 0.850. The lowest BCUT2D eigenvalue weighted by Gasteiger charge is -2.10. The van der Waals surface area contributed by atoms with Crippen molar-refractivity contribution in [3.8, 4) is 17.8 Å². The molecule has 0 amide bonds. The van der Waals surface area contributed by atoms with Crippen LogP contribution < -0.4 is 4.74 Å². The summed E-state index contributed by atoms with van der Waals surface area (Å²) < 4.78 is 10.3. The minimum Gasteiger partial charge on any atom is -0.490 e. The molecule has 0 aromatic heterocycles. The van der Waals surface area contributed by atoms with Crippen LogP contribution in [0.25, 0.3) is 0 Å². The fourth-order valence-electron chi connectivity index (χ4n) is 1.03. The van der Waals surface area contributed by atoms with Crippen LogP contribution >= 0.6 is 0 Å². The molecular weight excluding hydrogens is 176 g/mol. The highest BCUT2D eigenvalue weighted by Gasteiger charge is 2.01. The third-order valence-electron chi connectivity index (χ3n) is 1.54. The fraction of sp³-hybridized carbons (Fsp3) is 0.333. The molecule has 0 aliphatic heterocycles. The average Bonchev–Trinajstić information content (AvgIpc) is 2.16. The summed E-state index contributed by atoms with van der Waals surface area (Å²) in [7, 11) is 1.54. The maximum absolute atomic E-state index is 5.58. The summed E-state index contributed by atoms with van der Waals surface area (Å²) in [6, 6.07) is 7.66. The molecule has 1 aromatic rings. The Bertz CT molecular complexity index is 345. The van der Waals surface area contributed by atoms with Crippen LogP contribution in [-0.4, -0.2) is 13.2 Å². The van der Waals surface area contributed by atoms with Gasteiger partial charge in [-0.3, -0.25) is 0 Å². The van der Waals surface area contributed by atoms with E-state index in [2.05, 4.69) is 16.8 Å². The molecule has 0 aliphatic carbocycles. The van der Waals surface area contributed by atoms with Crippen LogP contribution in [0.3, 0.4) is 0 Å². The van der Waals surface area contributed by atoms with Gasteiger partial charge in [0.15, 0.2) is 0 Å². The highest BCUT2D eigenvalue weighted by molar-refractivity contribution is 5.45. The summed E-state index contributed by atoms with van der Waals surface area (Å²) in [6.45, 7) is 3.97. The van der Waals surface area contributed by atoms with Gasteiger partial charge in [0.2, 0.25) is 0 Å². The van der Waals surface area contributed by atoms with Gasteiger partial charge in [-0.15, -0.1) is 0 Å². The number of methoxy groups -OCH3 is 1. The van der Waals surface area contributed by atoms with E-state index in [0.29, 0.717) is 0 Å². The Morgan fingerprint density at radius 1 is 1.21 bits per heavy atom. The zero-order valence-electron chi connectivity index (χ0n) is 8.70. The van der Waals surface area contributed by atoms with Crippen LogP contribution in [0.5, 0.6) is 5.75 Å². The van der Waals surface area contributed by atoms with Gasteiger partial charge in [-0.05, 0) is 31.9 Å². The van der Waals surface area contributed by atoms with Crippen molar-refractivity contribution in [2.75, 3.05) is 7.11 Å². The van der Waals surface area contributed by atoms with Crippen LogP contribution in [0.2, 0.25) is 0 Å². The SMILES string of the molecule is COC#Cc1ccccc1OC(C)C. The van der Waals surface area contributed by atoms with Crippen LogP contribution in [0.1, 0.15) is 19.4 Å². The van der Waals surface area contributed by atoms with Crippen molar-refractivity contribution in [1.82, 2.24) is 0 Å². The van der Waals surface area contributed by atoms with Crippen molar-refractivity contribution in [1.29, 1.82) is 0 Å². The maximum Gasteiger partial charge on any atom is 0.135 e. The fourth-order valence-corrected chi connectivity index (χ4v) is 1.03. The van der Waals surface area contributed by atoms with E-state index >= 15 is 0 Å². The molecule has 1 aromatic carbocycles. The minimum absolute atomic E-state index is 0.153. The van der Waals surface area contributed by atoms with E-state index in [1.807, 2.05) is 38.1 Å². The standard InChI is InChI=1S/C12H14O2/c1-10(2)14-12-7-5-4-6-11(12)8-9-13-3/h4-7,10H,1-3H3.